The van der Waals surface area contributed by atoms with Crippen molar-refractivity contribution in [2.75, 3.05) is 6.54 Å². The summed E-state index contributed by atoms with van der Waals surface area (Å²) in [5.74, 6) is 0. The third-order valence-electron chi connectivity index (χ3n) is 2.89. The first-order valence-electron chi connectivity index (χ1n) is 5.17. The maximum atomic E-state index is 12.2. The van der Waals surface area contributed by atoms with Gasteiger partial charge in [-0.1, -0.05) is 0 Å². The summed E-state index contributed by atoms with van der Waals surface area (Å²) in [6.07, 6.45) is 5.90. The van der Waals surface area contributed by atoms with Gasteiger partial charge in [-0.15, -0.1) is 0 Å². The van der Waals surface area contributed by atoms with E-state index in [0.29, 0.717) is 0 Å². The Morgan fingerprint density at radius 1 is 1.53 bits per heavy atom. The molecule has 3 heterocycles. The average molecular weight is 220 g/mol. The van der Waals surface area contributed by atoms with Crippen molar-refractivity contribution in [2.24, 2.45) is 0 Å². The van der Waals surface area contributed by atoms with E-state index in [4.69, 9.17) is 0 Å². The van der Waals surface area contributed by atoms with Crippen LogP contribution in [-0.4, -0.2) is 21.0 Å². The van der Waals surface area contributed by atoms with Gasteiger partial charge in [0.15, 0.2) is 0 Å². The Morgan fingerprint density at radius 3 is 3.40 bits per heavy atom. The maximum absolute atomic E-state index is 12.2. The number of fused-ring (bicyclic) bond motifs is 2. The zero-order valence-corrected chi connectivity index (χ0v) is 9.09. The SMILES string of the molecule is O=S1c2cccnc2C=C2NCCCC21. The van der Waals surface area contributed by atoms with Crippen molar-refractivity contribution >= 4 is 16.9 Å². The van der Waals surface area contributed by atoms with Gasteiger partial charge in [-0.05, 0) is 31.1 Å². The Kier molecular flexibility index (Phi) is 2.09. The smallest absolute Gasteiger partial charge is 0.0808 e. The van der Waals surface area contributed by atoms with E-state index in [1.807, 2.05) is 18.2 Å². The molecule has 1 fully saturated rings. The number of nitrogens with zero attached hydrogens (tertiary/aromatic N) is 1. The van der Waals surface area contributed by atoms with Crippen LogP contribution in [0.3, 0.4) is 0 Å². The van der Waals surface area contributed by atoms with Crippen molar-refractivity contribution in [3.63, 3.8) is 0 Å². The van der Waals surface area contributed by atoms with Crippen molar-refractivity contribution in [3.8, 4) is 0 Å². The predicted molar refractivity (Wildman–Crippen MR) is 59.6 cm³/mol. The fourth-order valence-corrected chi connectivity index (χ4v) is 3.74. The molecule has 2 aliphatic heterocycles. The van der Waals surface area contributed by atoms with Gasteiger partial charge in [0.2, 0.25) is 0 Å². The number of aromatic nitrogens is 1. The molecule has 15 heavy (non-hydrogen) atoms. The highest BCUT2D eigenvalue weighted by Gasteiger charge is 2.30. The fourth-order valence-electron chi connectivity index (χ4n) is 2.14. The van der Waals surface area contributed by atoms with Gasteiger partial charge in [0.05, 0.1) is 26.6 Å². The lowest BCUT2D eigenvalue weighted by atomic mass is 10.1. The van der Waals surface area contributed by atoms with Gasteiger partial charge in [0.25, 0.3) is 0 Å². The monoisotopic (exact) mass is 220 g/mol. The molecule has 1 aromatic heterocycles. The van der Waals surface area contributed by atoms with Gasteiger partial charge in [-0.2, -0.15) is 0 Å². The van der Waals surface area contributed by atoms with Crippen LogP contribution in [0, 0.1) is 0 Å². The van der Waals surface area contributed by atoms with E-state index in [-0.39, 0.29) is 5.25 Å². The average Bonchev–Trinajstić information content (AvgIpc) is 2.30. The van der Waals surface area contributed by atoms with Gasteiger partial charge in [-0.3, -0.25) is 9.19 Å². The summed E-state index contributed by atoms with van der Waals surface area (Å²) in [5, 5.41) is 3.48. The first kappa shape index (κ1) is 9.09. The number of hydrogen-bond donors (Lipinski definition) is 1. The lowest BCUT2D eigenvalue weighted by Crippen LogP contribution is -2.36. The van der Waals surface area contributed by atoms with Crippen LogP contribution in [0.4, 0.5) is 0 Å². The first-order valence-corrected chi connectivity index (χ1v) is 6.38. The summed E-state index contributed by atoms with van der Waals surface area (Å²) in [6.45, 7) is 0.988. The zero-order valence-electron chi connectivity index (χ0n) is 8.27. The molecular weight excluding hydrogens is 208 g/mol. The summed E-state index contributed by atoms with van der Waals surface area (Å²) >= 11 is 0. The summed E-state index contributed by atoms with van der Waals surface area (Å²) in [5.41, 5.74) is 1.96. The van der Waals surface area contributed by atoms with E-state index < -0.39 is 10.8 Å². The van der Waals surface area contributed by atoms with Crippen LogP contribution >= 0.6 is 0 Å². The summed E-state index contributed by atoms with van der Waals surface area (Å²) in [6, 6.07) is 3.77. The van der Waals surface area contributed by atoms with Crippen LogP contribution in [-0.2, 0) is 10.8 Å². The van der Waals surface area contributed by atoms with E-state index in [1.54, 1.807) is 6.20 Å². The molecule has 4 heteroatoms. The molecule has 2 unspecified atom stereocenters. The topological polar surface area (TPSA) is 42.0 Å². The molecule has 2 aliphatic rings. The number of nitrogens with one attached hydrogen (secondary N) is 1. The Morgan fingerprint density at radius 2 is 2.47 bits per heavy atom. The van der Waals surface area contributed by atoms with E-state index in [2.05, 4.69) is 10.3 Å². The highest BCUT2D eigenvalue weighted by atomic mass is 32.2. The van der Waals surface area contributed by atoms with Crippen LogP contribution < -0.4 is 5.32 Å². The van der Waals surface area contributed by atoms with Crippen molar-refractivity contribution in [1.29, 1.82) is 0 Å². The second kappa shape index (κ2) is 3.45. The van der Waals surface area contributed by atoms with Crippen molar-refractivity contribution in [3.05, 3.63) is 29.7 Å². The molecule has 3 rings (SSSR count). The molecule has 2 atom stereocenters. The van der Waals surface area contributed by atoms with Gasteiger partial charge >= 0.3 is 0 Å². The van der Waals surface area contributed by atoms with Crippen LogP contribution in [0.1, 0.15) is 18.5 Å². The van der Waals surface area contributed by atoms with E-state index in [1.165, 1.54) is 0 Å². The van der Waals surface area contributed by atoms with E-state index >= 15 is 0 Å². The molecule has 1 saturated heterocycles. The number of rotatable bonds is 0. The summed E-state index contributed by atoms with van der Waals surface area (Å²) in [4.78, 5) is 5.14. The molecule has 0 bridgehead atoms. The molecule has 3 nitrogen and oxygen atoms in total. The molecule has 78 valence electrons. The Bertz CT molecular complexity index is 456. The van der Waals surface area contributed by atoms with E-state index in [0.717, 1.165) is 35.7 Å². The second-order valence-electron chi connectivity index (χ2n) is 3.84. The standard InChI is InChI=1S/C11H12N2OS/c14-15-10-3-1-5-12-8(10)7-9-11(15)4-2-6-13-9/h1,3,5,7,11,13H,2,4,6H2. The minimum absolute atomic E-state index is 0.162. The zero-order chi connectivity index (χ0) is 10.3. The highest BCUT2D eigenvalue weighted by molar-refractivity contribution is 7.86. The number of piperidine rings is 1. The van der Waals surface area contributed by atoms with E-state index in [9.17, 15) is 4.21 Å². The third-order valence-corrected chi connectivity index (χ3v) is 4.67. The molecule has 0 aliphatic carbocycles. The third kappa shape index (κ3) is 1.40. The maximum Gasteiger partial charge on any atom is 0.0808 e. The first-order chi connectivity index (χ1) is 7.36. The quantitative estimate of drug-likeness (QED) is 0.716. The van der Waals surface area contributed by atoms with Crippen LogP contribution in [0.25, 0.3) is 6.08 Å². The molecule has 1 N–H and O–H groups in total. The summed E-state index contributed by atoms with van der Waals surface area (Å²) in [7, 11) is -0.925. The van der Waals surface area contributed by atoms with Gasteiger partial charge < -0.3 is 5.32 Å². The van der Waals surface area contributed by atoms with Crippen LogP contribution in [0.15, 0.2) is 28.9 Å². The minimum atomic E-state index is -0.925. The van der Waals surface area contributed by atoms with Crippen LogP contribution in [0.5, 0.6) is 0 Å². The molecular formula is C11H12N2OS. The lowest BCUT2D eigenvalue weighted by molar-refractivity contribution is 0.581. The lowest BCUT2D eigenvalue weighted by Gasteiger charge is -2.29. The van der Waals surface area contributed by atoms with Gasteiger partial charge in [0, 0.05) is 18.4 Å². The predicted octanol–water partition coefficient (Wildman–Crippen LogP) is 1.30. The van der Waals surface area contributed by atoms with Crippen LogP contribution in [0.2, 0.25) is 0 Å². The molecule has 0 spiro atoms. The Balaban J connectivity index is 2.13. The highest BCUT2D eigenvalue weighted by Crippen LogP contribution is 2.30. The molecule has 0 saturated carbocycles. The minimum Gasteiger partial charge on any atom is -0.387 e. The molecule has 0 radical (unpaired) electrons. The fraction of sp³-hybridized carbons (Fsp3) is 0.364. The second-order valence-corrected chi connectivity index (χ2v) is 5.45. The molecule has 0 amide bonds. The molecule has 0 aromatic carbocycles. The Labute approximate surface area is 91.1 Å². The normalized spacial score (nSPS) is 28.4. The number of pyridine rings is 1. The van der Waals surface area contributed by atoms with Crippen molar-refractivity contribution in [2.45, 2.75) is 23.0 Å². The van der Waals surface area contributed by atoms with Crippen molar-refractivity contribution < 1.29 is 4.21 Å². The van der Waals surface area contributed by atoms with Gasteiger partial charge in [-0.25, -0.2) is 0 Å². The Hall–Kier alpha value is -1.16. The van der Waals surface area contributed by atoms with Gasteiger partial charge in [0.1, 0.15) is 0 Å². The molecule has 1 aromatic rings. The largest absolute Gasteiger partial charge is 0.387 e. The number of hydrogen-bond acceptors (Lipinski definition) is 3. The summed E-state index contributed by atoms with van der Waals surface area (Å²) < 4.78 is 12.2. The van der Waals surface area contributed by atoms with Crippen molar-refractivity contribution in [1.82, 2.24) is 10.3 Å².